The van der Waals surface area contributed by atoms with Gasteiger partial charge >= 0.3 is 0 Å². The Morgan fingerprint density at radius 3 is 2.22 bits per heavy atom. The summed E-state index contributed by atoms with van der Waals surface area (Å²) in [5.41, 5.74) is 1.14. The van der Waals surface area contributed by atoms with E-state index in [1.807, 2.05) is 48.5 Å². The number of nitrogens with one attached hydrogen (secondary N) is 1. The molecule has 0 radical (unpaired) electrons. The molecule has 3 aromatic rings. The van der Waals surface area contributed by atoms with E-state index in [2.05, 4.69) is 5.32 Å². The van der Waals surface area contributed by atoms with Crippen LogP contribution in [0, 0.1) is 0 Å². The molecule has 4 heteroatoms. The van der Waals surface area contributed by atoms with Crippen molar-refractivity contribution in [2.75, 3.05) is 5.32 Å². The second-order valence-corrected chi connectivity index (χ2v) is 5.31. The Kier molecular flexibility index (Phi) is 4.60. The van der Waals surface area contributed by atoms with E-state index in [1.54, 1.807) is 30.3 Å². The molecule has 0 saturated carbocycles. The van der Waals surface area contributed by atoms with Crippen LogP contribution in [0.25, 0.3) is 0 Å². The van der Waals surface area contributed by atoms with Crippen LogP contribution in [0.2, 0.25) is 5.02 Å². The van der Waals surface area contributed by atoms with Crippen LogP contribution >= 0.6 is 11.6 Å². The molecule has 0 aliphatic heterocycles. The van der Waals surface area contributed by atoms with Gasteiger partial charge in [-0.1, -0.05) is 48.0 Å². The van der Waals surface area contributed by atoms with Crippen molar-refractivity contribution < 1.29 is 9.53 Å². The summed E-state index contributed by atoms with van der Waals surface area (Å²) in [7, 11) is 0. The third kappa shape index (κ3) is 3.90. The van der Waals surface area contributed by atoms with Crippen molar-refractivity contribution in [3.05, 3.63) is 89.4 Å². The predicted octanol–water partition coefficient (Wildman–Crippen LogP) is 5.38. The van der Waals surface area contributed by atoms with Gasteiger partial charge in [-0.05, 0) is 36.4 Å². The lowest BCUT2D eigenvalue weighted by molar-refractivity contribution is 0.102. The predicted molar refractivity (Wildman–Crippen MR) is 92.4 cm³/mol. The van der Waals surface area contributed by atoms with Gasteiger partial charge in [0.15, 0.2) is 5.75 Å². The summed E-state index contributed by atoms with van der Waals surface area (Å²) >= 11 is 6.04. The molecule has 114 valence electrons. The largest absolute Gasteiger partial charge is 0.455 e. The quantitative estimate of drug-likeness (QED) is 0.699. The van der Waals surface area contributed by atoms with Gasteiger partial charge in [0.25, 0.3) is 5.91 Å². The Labute approximate surface area is 139 Å². The van der Waals surface area contributed by atoms with E-state index in [0.29, 0.717) is 27.8 Å². The average Bonchev–Trinajstić information content (AvgIpc) is 2.59. The highest BCUT2D eigenvalue weighted by molar-refractivity contribution is 6.30. The maximum absolute atomic E-state index is 12.3. The minimum absolute atomic E-state index is 0.203. The van der Waals surface area contributed by atoms with Crippen LogP contribution in [0.1, 0.15) is 10.4 Å². The lowest BCUT2D eigenvalue weighted by atomic mass is 10.2. The molecule has 0 spiro atoms. The molecule has 0 aliphatic rings. The molecule has 0 aromatic heterocycles. The molecule has 0 aliphatic carbocycles. The maximum atomic E-state index is 12.3. The van der Waals surface area contributed by atoms with E-state index in [1.165, 1.54) is 0 Å². The van der Waals surface area contributed by atoms with Crippen molar-refractivity contribution in [3.8, 4) is 11.5 Å². The molecule has 0 atom stereocenters. The first-order valence-corrected chi connectivity index (χ1v) is 7.49. The number of rotatable bonds is 4. The van der Waals surface area contributed by atoms with Gasteiger partial charge in [-0.25, -0.2) is 0 Å². The van der Waals surface area contributed by atoms with Gasteiger partial charge in [-0.15, -0.1) is 0 Å². The second-order valence-electron chi connectivity index (χ2n) is 4.88. The van der Waals surface area contributed by atoms with Crippen molar-refractivity contribution in [2.45, 2.75) is 0 Å². The van der Waals surface area contributed by atoms with Gasteiger partial charge in [0.05, 0.1) is 5.69 Å². The molecule has 3 rings (SSSR count). The standard InChI is InChI=1S/C19H14ClNO2/c20-15-11-12-17(21-19(22)14-7-3-1-4-8-14)18(13-15)23-16-9-5-2-6-10-16/h1-13H,(H,21,22). The Bertz CT molecular complexity index is 804. The molecule has 3 nitrogen and oxygen atoms in total. The summed E-state index contributed by atoms with van der Waals surface area (Å²) in [6, 6.07) is 23.4. The summed E-state index contributed by atoms with van der Waals surface area (Å²) in [4.78, 5) is 12.3. The zero-order chi connectivity index (χ0) is 16.1. The molecule has 1 amide bonds. The normalized spacial score (nSPS) is 10.1. The number of anilines is 1. The fourth-order valence-corrected chi connectivity index (χ4v) is 2.25. The van der Waals surface area contributed by atoms with Gasteiger partial charge in [0.2, 0.25) is 0 Å². The Morgan fingerprint density at radius 1 is 0.870 bits per heavy atom. The van der Waals surface area contributed by atoms with Gasteiger partial charge in [0, 0.05) is 16.7 Å². The van der Waals surface area contributed by atoms with Crippen molar-refractivity contribution in [1.82, 2.24) is 0 Å². The number of hydrogen-bond donors (Lipinski definition) is 1. The van der Waals surface area contributed by atoms with E-state index >= 15 is 0 Å². The summed E-state index contributed by atoms with van der Waals surface area (Å²) < 4.78 is 5.83. The number of halogens is 1. The Morgan fingerprint density at radius 2 is 1.52 bits per heavy atom. The highest BCUT2D eigenvalue weighted by atomic mass is 35.5. The van der Waals surface area contributed by atoms with E-state index in [-0.39, 0.29) is 5.91 Å². The average molecular weight is 324 g/mol. The number of hydrogen-bond acceptors (Lipinski definition) is 2. The van der Waals surface area contributed by atoms with Gasteiger partial charge in [-0.3, -0.25) is 4.79 Å². The summed E-state index contributed by atoms with van der Waals surface area (Å²) in [6.45, 7) is 0. The van der Waals surface area contributed by atoms with Gasteiger partial charge in [-0.2, -0.15) is 0 Å². The molecule has 3 aromatic carbocycles. The third-order valence-corrected chi connectivity index (χ3v) is 3.43. The molecule has 23 heavy (non-hydrogen) atoms. The number of ether oxygens (including phenoxy) is 1. The fraction of sp³-hybridized carbons (Fsp3) is 0. The first-order valence-electron chi connectivity index (χ1n) is 7.11. The fourth-order valence-electron chi connectivity index (χ4n) is 2.08. The molecule has 0 fully saturated rings. The number of amides is 1. The number of para-hydroxylation sites is 1. The first-order chi connectivity index (χ1) is 11.2. The topological polar surface area (TPSA) is 38.3 Å². The van der Waals surface area contributed by atoms with Crippen LogP contribution in [-0.4, -0.2) is 5.91 Å². The first kappa shape index (κ1) is 15.1. The molecule has 1 N–H and O–H groups in total. The molecule has 0 bridgehead atoms. The van der Waals surface area contributed by atoms with Crippen LogP contribution < -0.4 is 10.1 Å². The van der Waals surface area contributed by atoms with E-state index in [9.17, 15) is 4.79 Å². The van der Waals surface area contributed by atoms with Crippen LogP contribution in [-0.2, 0) is 0 Å². The molecule has 0 unspecified atom stereocenters. The number of carbonyl (C=O) groups is 1. The zero-order valence-electron chi connectivity index (χ0n) is 12.2. The van der Waals surface area contributed by atoms with Crippen LogP contribution in [0.4, 0.5) is 5.69 Å². The SMILES string of the molecule is O=C(Nc1ccc(Cl)cc1Oc1ccccc1)c1ccccc1. The van der Waals surface area contributed by atoms with E-state index < -0.39 is 0 Å². The minimum atomic E-state index is -0.203. The highest BCUT2D eigenvalue weighted by Crippen LogP contribution is 2.32. The summed E-state index contributed by atoms with van der Waals surface area (Å²) in [5, 5.41) is 3.39. The minimum Gasteiger partial charge on any atom is -0.455 e. The molecular weight excluding hydrogens is 310 g/mol. The Balaban J connectivity index is 1.86. The lowest BCUT2D eigenvalue weighted by Gasteiger charge is -2.13. The van der Waals surface area contributed by atoms with Gasteiger partial charge in [0.1, 0.15) is 5.75 Å². The van der Waals surface area contributed by atoms with Crippen LogP contribution in [0.3, 0.4) is 0 Å². The second kappa shape index (κ2) is 6.99. The zero-order valence-corrected chi connectivity index (χ0v) is 13.0. The molecule has 0 heterocycles. The monoisotopic (exact) mass is 323 g/mol. The number of benzene rings is 3. The summed E-state index contributed by atoms with van der Waals surface area (Å²) in [6.07, 6.45) is 0. The Hall–Kier alpha value is -2.78. The van der Waals surface area contributed by atoms with E-state index in [0.717, 1.165) is 0 Å². The van der Waals surface area contributed by atoms with Crippen molar-refractivity contribution >= 4 is 23.2 Å². The van der Waals surface area contributed by atoms with Crippen LogP contribution in [0.15, 0.2) is 78.9 Å². The number of carbonyl (C=O) groups excluding carboxylic acids is 1. The van der Waals surface area contributed by atoms with Gasteiger partial charge < -0.3 is 10.1 Å². The van der Waals surface area contributed by atoms with E-state index in [4.69, 9.17) is 16.3 Å². The van der Waals surface area contributed by atoms with Crippen LogP contribution in [0.5, 0.6) is 11.5 Å². The molecule has 0 saturated heterocycles. The molecular formula is C19H14ClNO2. The summed E-state index contributed by atoms with van der Waals surface area (Å²) in [5.74, 6) is 0.962. The smallest absolute Gasteiger partial charge is 0.255 e. The van der Waals surface area contributed by atoms with Crippen molar-refractivity contribution in [1.29, 1.82) is 0 Å². The van der Waals surface area contributed by atoms with Crippen molar-refractivity contribution in [3.63, 3.8) is 0 Å². The lowest BCUT2D eigenvalue weighted by Crippen LogP contribution is -2.12. The third-order valence-electron chi connectivity index (χ3n) is 3.20. The van der Waals surface area contributed by atoms with Crippen molar-refractivity contribution in [2.24, 2.45) is 0 Å². The maximum Gasteiger partial charge on any atom is 0.255 e. The highest BCUT2D eigenvalue weighted by Gasteiger charge is 2.11.